The topological polar surface area (TPSA) is 43.4 Å². The van der Waals surface area contributed by atoms with Crippen molar-refractivity contribution < 1.29 is 14.3 Å². The van der Waals surface area contributed by atoms with Gasteiger partial charge in [0.2, 0.25) is 0 Å². The first kappa shape index (κ1) is 7.53. The minimum atomic E-state index is -0.415. The highest BCUT2D eigenvalue weighted by Gasteiger charge is 2.35. The number of carbonyl (C=O) groups is 2. The molecule has 2 aliphatic rings. The van der Waals surface area contributed by atoms with Gasteiger partial charge < -0.3 is 4.74 Å². The number of cyclic esters (lactones) is 2. The van der Waals surface area contributed by atoms with Crippen LogP contribution in [0.1, 0.15) is 26.2 Å². The van der Waals surface area contributed by atoms with E-state index in [0.717, 1.165) is 6.42 Å². The van der Waals surface area contributed by atoms with E-state index in [4.69, 9.17) is 0 Å². The van der Waals surface area contributed by atoms with Crippen molar-refractivity contribution in [3.8, 4) is 0 Å². The second kappa shape index (κ2) is 2.44. The Hall–Kier alpha value is -1.12. The smallest absolute Gasteiger partial charge is 0.342 e. The first-order valence-electron chi connectivity index (χ1n) is 4.17. The van der Waals surface area contributed by atoms with Crippen LogP contribution in [0, 0.1) is 5.92 Å². The Labute approximate surface area is 70.4 Å². The molecule has 1 aliphatic carbocycles. The van der Waals surface area contributed by atoms with E-state index >= 15 is 0 Å². The molecule has 0 bridgehead atoms. The van der Waals surface area contributed by atoms with Crippen molar-refractivity contribution in [3.63, 3.8) is 0 Å². The number of carbonyl (C=O) groups excluding carboxylic acids is 2. The molecule has 1 atom stereocenters. The molecule has 0 aromatic heterocycles. The lowest BCUT2D eigenvalue weighted by Gasteiger charge is -2.15. The van der Waals surface area contributed by atoms with Crippen LogP contribution < -0.4 is 0 Å². The van der Waals surface area contributed by atoms with E-state index in [-0.39, 0.29) is 0 Å². The molecule has 3 heteroatoms. The standard InChI is InChI=1S/C9H10O3/c1-5-2-3-6-7(4-5)9(11)12-8(6)10/h5H,2-4H2,1H3/t5-/m0/s1. The summed E-state index contributed by atoms with van der Waals surface area (Å²) >= 11 is 0. The average Bonchev–Trinajstić information content (AvgIpc) is 2.28. The number of ether oxygens (including phenoxy) is 1. The third-order valence-electron chi connectivity index (χ3n) is 2.48. The van der Waals surface area contributed by atoms with Crippen molar-refractivity contribution in [1.29, 1.82) is 0 Å². The third-order valence-corrected chi connectivity index (χ3v) is 2.48. The van der Waals surface area contributed by atoms with Gasteiger partial charge in [-0.25, -0.2) is 9.59 Å². The summed E-state index contributed by atoms with van der Waals surface area (Å²) in [5.74, 6) is -0.328. The number of hydrogen-bond donors (Lipinski definition) is 0. The molecular weight excluding hydrogens is 156 g/mol. The fourth-order valence-corrected chi connectivity index (χ4v) is 1.75. The molecule has 64 valence electrons. The molecule has 1 heterocycles. The summed E-state index contributed by atoms with van der Waals surface area (Å²) in [6, 6.07) is 0. The lowest BCUT2D eigenvalue weighted by Crippen LogP contribution is -2.09. The van der Waals surface area contributed by atoms with Crippen LogP contribution in [0.2, 0.25) is 0 Å². The molecule has 0 amide bonds. The van der Waals surface area contributed by atoms with Gasteiger partial charge in [0, 0.05) is 11.1 Å². The van der Waals surface area contributed by atoms with Crippen molar-refractivity contribution in [3.05, 3.63) is 11.1 Å². The Bertz CT molecular complexity index is 288. The van der Waals surface area contributed by atoms with Crippen LogP contribution in [0.15, 0.2) is 11.1 Å². The predicted molar refractivity (Wildman–Crippen MR) is 41.1 cm³/mol. The summed E-state index contributed by atoms with van der Waals surface area (Å²) in [5, 5.41) is 0. The fourth-order valence-electron chi connectivity index (χ4n) is 1.75. The molecule has 0 N–H and O–H groups in total. The zero-order valence-electron chi connectivity index (χ0n) is 6.92. The first-order chi connectivity index (χ1) is 5.68. The molecule has 0 fully saturated rings. The molecule has 0 saturated carbocycles. The molecule has 3 nitrogen and oxygen atoms in total. The van der Waals surface area contributed by atoms with Crippen LogP contribution in [0.3, 0.4) is 0 Å². The Kier molecular flexibility index (Phi) is 1.53. The van der Waals surface area contributed by atoms with E-state index in [0.29, 0.717) is 29.9 Å². The van der Waals surface area contributed by atoms with Gasteiger partial charge in [-0.05, 0) is 25.2 Å². The quantitative estimate of drug-likeness (QED) is 0.401. The van der Waals surface area contributed by atoms with Crippen LogP contribution >= 0.6 is 0 Å². The predicted octanol–water partition coefficient (Wildman–Crippen LogP) is 1.19. The molecule has 0 spiro atoms. The maximum atomic E-state index is 11.1. The van der Waals surface area contributed by atoms with E-state index < -0.39 is 11.9 Å². The fraction of sp³-hybridized carbons (Fsp3) is 0.556. The third kappa shape index (κ3) is 0.967. The normalized spacial score (nSPS) is 28.9. The highest BCUT2D eigenvalue weighted by molar-refractivity contribution is 6.12. The minimum Gasteiger partial charge on any atom is -0.386 e. The van der Waals surface area contributed by atoms with Crippen molar-refractivity contribution in [2.24, 2.45) is 5.92 Å². The largest absolute Gasteiger partial charge is 0.386 e. The Morgan fingerprint density at radius 2 is 1.92 bits per heavy atom. The molecule has 12 heavy (non-hydrogen) atoms. The monoisotopic (exact) mass is 166 g/mol. The van der Waals surface area contributed by atoms with Crippen molar-refractivity contribution in [2.75, 3.05) is 0 Å². The summed E-state index contributed by atoms with van der Waals surface area (Å²) in [5.41, 5.74) is 1.25. The second-order valence-corrected chi connectivity index (χ2v) is 3.48. The zero-order valence-corrected chi connectivity index (χ0v) is 6.92. The van der Waals surface area contributed by atoms with Gasteiger partial charge in [0.05, 0.1) is 0 Å². The highest BCUT2D eigenvalue weighted by atomic mass is 16.6. The number of esters is 2. The summed E-state index contributed by atoms with van der Waals surface area (Å²) in [4.78, 5) is 22.1. The maximum absolute atomic E-state index is 11.1. The SMILES string of the molecule is C[C@H]1CCC2=C(C1)C(=O)OC2=O. The number of hydrogen-bond acceptors (Lipinski definition) is 3. The van der Waals surface area contributed by atoms with Crippen LogP contribution in [-0.2, 0) is 14.3 Å². The van der Waals surface area contributed by atoms with Gasteiger partial charge in [0.1, 0.15) is 0 Å². The molecule has 0 unspecified atom stereocenters. The maximum Gasteiger partial charge on any atom is 0.342 e. The van der Waals surface area contributed by atoms with Crippen LogP contribution in [0.5, 0.6) is 0 Å². The van der Waals surface area contributed by atoms with Crippen LogP contribution in [0.4, 0.5) is 0 Å². The number of rotatable bonds is 0. The van der Waals surface area contributed by atoms with E-state index in [1.54, 1.807) is 0 Å². The van der Waals surface area contributed by atoms with Gasteiger partial charge in [0.15, 0.2) is 0 Å². The van der Waals surface area contributed by atoms with Crippen molar-refractivity contribution in [2.45, 2.75) is 26.2 Å². The molecule has 0 saturated heterocycles. The van der Waals surface area contributed by atoms with Gasteiger partial charge in [-0.15, -0.1) is 0 Å². The Morgan fingerprint density at radius 1 is 1.25 bits per heavy atom. The van der Waals surface area contributed by atoms with Gasteiger partial charge in [0.25, 0.3) is 0 Å². The van der Waals surface area contributed by atoms with E-state index in [9.17, 15) is 9.59 Å². The van der Waals surface area contributed by atoms with Crippen LogP contribution in [-0.4, -0.2) is 11.9 Å². The average molecular weight is 166 g/mol. The van der Waals surface area contributed by atoms with Crippen molar-refractivity contribution >= 4 is 11.9 Å². The minimum absolute atomic E-state index is 0.415. The first-order valence-corrected chi connectivity index (χ1v) is 4.17. The molecule has 0 radical (unpaired) electrons. The summed E-state index contributed by atoms with van der Waals surface area (Å²) in [6.45, 7) is 2.08. The second-order valence-electron chi connectivity index (χ2n) is 3.48. The summed E-state index contributed by atoms with van der Waals surface area (Å²) < 4.78 is 4.50. The summed E-state index contributed by atoms with van der Waals surface area (Å²) in [7, 11) is 0. The zero-order chi connectivity index (χ0) is 8.72. The highest BCUT2D eigenvalue weighted by Crippen LogP contribution is 2.34. The van der Waals surface area contributed by atoms with Gasteiger partial charge in [-0.2, -0.15) is 0 Å². The van der Waals surface area contributed by atoms with Gasteiger partial charge in [-0.1, -0.05) is 6.92 Å². The molecular formula is C9H10O3. The molecule has 0 aromatic rings. The van der Waals surface area contributed by atoms with Gasteiger partial charge in [-0.3, -0.25) is 0 Å². The Balaban J connectivity index is 2.35. The Morgan fingerprint density at radius 3 is 2.67 bits per heavy atom. The lowest BCUT2D eigenvalue weighted by molar-refractivity contribution is -0.151. The van der Waals surface area contributed by atoms with Gasteiger partial charge >= 0.3 is 11.9 Å². The van der Waals surface area contributed by atoms with Crippen LogP contribution in [0.25, 0.3) is 0 Å². The lowest BCUT2D eigenvalue weighted by atomic mass is 9.86. The molecule has 1 aliphatic heterocycles. The molecule has 2 rings (SSSR count). The van der Waals surface area contributed by atoms with E-state index in [2.05, 4.69) is 11.7 Å². The summed E-state index contributed by atoms with van der Waals surface area (Å²) in [6.07, 6.45) is 2.40. The molecule has 0 aromatic carbocycles. The van der Waals surface area contributed by atoms with E-state index in [1.807, 2.05) is 0 Å². The van der Waals surface area contributed by atoms with E-state index in [1.165, 1.54) is 0 Å². The van der Waals surface area contributed by atoms with Crippen molar-refractivity contribution in [1.82, 2.24) is 0 Å².